The second-order valence-corrected chi connectivity index (χ2v) is 11.1. The summed E-state index contributed by atoms with van der Waals surface area (Å²) in [6, 6.07) is 8.29. The Balaban J connectivity index is 2.23. The second-order valence-electron chi connectivity index (χ2n) is 7.76. The van der Waals surface area contributed by atoms with Gasteiger partial charge >= 0.3 is 183 Å². The van der Waals surface area contributed by atoms with E-state index in [9.17, 15) is 0 Å². The average molecular weight is 473 g/mol. The fourth-order valence-electron chi connectivity index (χ4n) is 4.29. The fraction of sp³-hybridized carbons (Fsp3) is 0.455. The Hall–Kier alpha value is -0.581. The van der Waals surface area contributed by atoms with Gasteiger partial charge in [-0.25, -0.2) is 0 Å². The van der Waals surface area contributed by atoms with Crippen LogP contribution in [0.25, 0.3) is 0 Å². The first-order valence-corrected chi connectivity index (χ1v) is 12.4. The summed E-state index contributed by atoms with van der Waals surface area (Å²) >= 11 is -0.888. The van der Waals surface area contributed by atoms with Crippen molar-refractivity contribution in [3.05, 3.63) is 68.8 Å². The summed E-state index contributed by atoms with van der Waals surface area (Å²) in [5, 5.41) is 0. The molecule has 0 aliphatic heterocycles. The van der Waals surface area contributed by atoms with Gasteiger partial charge in [0, 0.05) is 0 Å². The molecule has 2 atom stereocenters. The number of aryl methyl sites for hydroxylation is 6. The Kier molecular flexibility index (Phi) is 8.42. The molecule has 2 rings (SSSR count). The van der Waals surface area contributed by atoms with Crippen LogP contribution in [0.15, 0.2) is 24.3 Å². The summed E-state index contributed by atoms with van der Waals surface area (Å²) in [5.41, 5.74) is 22.7. The number of nitrogens with zero attached hydrogens (tertiary/aromatic N) is 1. The first kappa shape index (κ1) is 23.7. The van der Waals surface area contributed by atoms with E-state index in [2.05, 4.69) is 65.8 Å². The first-order valence-electron chi connectivity index (χ1n) is 9.37. The van der Waals surface area contributed by atoms with Gasteiger partial charge in [0.1, 0.15) is 0 Å². The topological polar surface area (TPSA) is 55.3 Å². The van der Waals surface area contributed by atoms with Gasteiger partial charge in [0.2, 0.25) is 0 Å². The summed E-state index contributed by atoms with van der Waals surface area (Å²) in [5.74, 6) is 0. The maximum absolute atomic E-state index is 6.58. The van der Waals surface area contributed by atoms with Gasteiger partial charge in [-0.2, -0.15) is 0 Å². The van der Waals surface area contributed by atoms with Crippen molar-refractivity contribution in [3.8, 4) is 0 Å². The maximum atomic E-state index is 6.58. The van der Waals surface area contributed by atoms with Gasteiger partial charge in [0.15, 0.2) is 0 Å². The molecule has 0 amide bonds. The molecule has 28 heavy (non-hydrogen) atoms. The van der Waals surface area contributed by atoms with Gasteiger partial charge in [-0.15, -0.1) is 0 Å². The molecule has 0 saturated heterocycles. The van der Waals surface area contributed by atoms with E-state index in [4.69, 9.17) is 31.7 Å². The molecule has 0 radical (unpaired) electrons. The quantitative estimate of drug-likeness (QED) is 0.532. The number of hydrogen-bond acceptors (Lipinski definition) is 3. The van der Waals surface area contributed by atoms with Crippen LogP contribution in [-0.4, -0.2) is 17.0 Å². The molecule has 0 aliphatic rings. The molecule has 0 aliphatic carbocycles. The minimum atomic E-state index is -0.888. The summed E-state index contributed by atoms with van der Waals surface area (Å²) in [4.78, 5) is 0. The van der Waals surface area contributed by atoms with Crippen molar-refractivity contribution in [2.24, 2.45) is 11.5 Å². The molecule has 0 aromatic heterocycles. The fourth-order valence-corrected chi connectivity index (χ4v) is 5.61. The monoisotopic (exact) mass is 471 g/mol. The molecule has 0 fully saturated rings. The summed E-state index contributed by atoms with van der Waals surface area (Å²) < 4.78 is 1.98. The standard InChI is InChI=1S/C22H32N3.2ClH.Cu/c1-13-7-15(3)21(16(4)8-13)19(23)11-25-12-20(24)22-17(5)9-14(2)10-18(22)6;;;/h7-10,19-20H,11-12,23-24H2,1-6H3;2*1H;/q-1;;;+3/p-2. The zero-order valence-electron chi connectivity index (χ0n) is 17.5. The van der Waals surface area contributed by atoms with Crippen molar-refractivity contribution in [2.45, 2.75) is 53.6 Å². The molecule has 0 spiro atoms. The van der Waals surface area contributed by atoms with E-state index < -0.39 is 12.3 Å². The van der Waals surface area contributed by atoms with E-state index in [0.29, 0.717) is 13.1 Å². The molecule has 0 heterocycles. The Morgan fingerprint density at radius 2 is 1.00 bits per heavy atom. The third-order valence-corrected chi connectivity index (χ3v) is 7.11. The van der Waals surface area contributed by atoms with Gasteiger partial charge in [-0.05, 0) is 0 Å². The Labute approximate surface area is 182 Å². The third-order valence-electron chi connectivity index (χ3n) is 5.12. The van der Waals surface area contributed by atoms with E-state index in [1.54, 1.807) is 0 Å². The summed E-state index contributed by atoms with van der Waals surface area (Å²) in [6.45, 7) is 13.7. The molecule has 2 unspecified atom stereocenters. The van der Waals surface area contributed by atoms with Gasteiger partial charge in [-0.1, -0.05) is 0 Å². The number of rotatable bonds is 7. The van der Waals surface area contributed by atoms with Gasteiger partial charge in [0.25, 0.3) is 0 Å². The second kappa shape index (κ2) is 9.95. The zero-order valence-corrected chi connectivity index (χ0v) is 20.0. The normalized spacial score (nSPS) is 14.3. The zero-order chi connectivity index (χ0) is 21.2. The molecule has 2 aromatic rings. The van der Waals surface area contributed by atoms with Gasteiger partial charge in [-0.3, -0.25) is 0 Å². The minimum absolute atomic E-state index is 0.182. The van der Waals surface area contributed by atoms with Crippen LogP contribution in [0.5, 0.6) is 0 Å². The predicted octanol–water partition coefficient (Wildman–Crippen LogP) is 5.38. The van der Waals surface area contributed by atoms with Crippen molar-refractivity contribution in [2.75, 3.05) is 13.1 Å². The average Bonchev–Trinajstić information content (AvgIpc) is 2.51. The molecule has 0 saturated carbocycles. The van der Waals surface area contributed by atoms with E-state index in [0.717, 1.165) is 11.1 Å². The van der Waals surface area contributed by atoms with E-state index >= 15 is 0 Å². The van der Waals surface area contributed by atoms with Crippen molar-refractivity contribution in [3.63, 3.8) is 0 Å². The number of hydrogen-bond donors (Lipinski definition) is 2. The molecule has 2 aromatic carbocycles. The Morgan fingerprint density at radius 1 is 0.714 bits per heavy atom. The molecule has 6 heteroatoms. The van der Waals surface area contributed by atoms with Crippen LogP contribution in [0.4, 0.5) is 0 Å². The first-order chi connectivity index (χ1) is 13.0. The molecule has 4 N–H and O–H groups in total. The molecule has 160 valence electrons. The molecule has 3 nitrogen and oxygen atoms in total. The van der Waals surface area contributed by atoms with Crippen LogP contribution in [-0.2, 0) is 12.3 Å². The van der Waals surface area contributed by atoms with Crippen LogP contribution >= 0.6 is 20.2 Å². The van der Waals surface area contributed by atoms with E-state index in [1.165, 1.54) is 33.4 Å². The molecule has 0 bridgehead atoms. The molecular formula is C22H32Cl2CuN3. The number of benzene rings is 2. The van der Waals surface area contributed by atoms with Crippen LogP contribution in [0, 0.1) is 41.5 Å². The Morgan fingerprint density at radius 3 is 1.25 bits per heavy atom. The van der Waals surface area contributed by atoms with Gasteiger partial charge < -0.3 is 0 Å². The van der Waals surface area contributed by atoms with Crippen LogP contribution < -0.4 is 11.5 Å². The predicted molar refractivity (Wildman–Crippen MR) is 118 cm³/mol. The molecular weight excluding hydrogens is 441 g/mol. The van der Waals surface area contributed by atoms with Crippen molar-refractivity contribution in [1.29, 1.82) is 0 Å². The van der Waals surface area contributed by atoms with Crippen LogP contribution in [0.3, 0.4) is 0 Å². The summed E-state index contributed by atoms with van der Waals surface area (Å²) in [6.07, 6.45) is 0. The SMILES string of the molecule is Cc1cc(C)c(C(N)C[N](CC(N)c2c(C)cc(C)cc2C)[Cu]([Cl])[Cl])c(C)c1. The van der Waals surface area contributed by atoms with Crippen molar-refractivity contribution < 1.29 is 12.3 Å². The van der Waals surface area contributed by atoms with Crippen molar-refractivity contribution in [1.82, 2.24) is 3.92 Å². The van der Waals surface area contributed by atoms with Crippen molar-refractivity contribution >= 4 is 20.2 Å². The summed E-state index contributed by atoms with van der Waals surface area (Å²) in [7, 11) is 12.6. The van der Waals surface area contributed by atoms with E-state index in [1.807, 2.05) is 3.92 Å². The third kappa shape index (κ3) is 5.73. The van der Waals surface area contributed by atoms with Crippen LogP contribution in [0.2, 0.25) is 0 Å². The Bertz CT molecular complexity index is 727. The van der Waals surface area contributed by atoms with E-state index in [-0.39, 0.29) is 12.1 Å². The van der Waals surface area contributed by atoms with Crippen LogP contribution in [0.1, 0.15) is 56.6 Å². The number of nitrogens with two attached hydrogens (primary N) is 2. The van der Waals surface area contributed by atoms with Gasteiger partial charge in [0.05, 0.1) is 0 Å². The number of halogens is 2.